The molecule has 0 bridgehead atoms. The van der Waals surface area contributed by atoms with Crippen LogP contribution < -0.4 is 0 Å². The summed E-state index contributed by atoms with van der Waals surface area (Å²) < 4.78 is 0. The molecule has 2 aromatic rings. The van der Waals surface area contributed by atoms with Gasteiger partial charge in [0.05, 0.1) is 24.1 Å². The van der Waals surface area contributed by atoms with Gasteiger partial charge in [-0.25, -0.2) is 9.97 Å². The zero-order valence-electron chi connectivity index (χ0n) is 14.4. The molecule has 1 saturated heterocycles. The largest absolute Gasteiger partial charge is 0.348 e. The molecule has 7 heteroatoms. The van der Waals surface area contributed by atoms with Gasteiger partial charge in [-0.05, 0) is 25.7 Å². The minimum Gasteiger partial charge on any atom is -0.348 e. The summed E-state index contributed by atoms with van der Waals surface area (Å²) in [5.74, 6) is 1.62. The number of aromatic amines is 2. The number of hydrogen-bond donors (Lipinski definition) is 2. The average Bonchev–Trinajstić information content (AvgIpc) is 3.14. The van der Waals surface area contributed by atoms with Crippen molar-refractivity contribution in [3.63, 3.8) is 0 Å². The SMILES string of the molecule is O=C(C1CC1)N1CCc2[nH]cnc2C12CCN(Cc1ncc[nH]1)CC2. The number of nitrogens with zero attached hydrogens (tertiary/aromatic N) is 4. The second kappa shape index (κ2) is 5.69. The summed E-state index contributed by atoms with van der Waals surface area (Å²) in [6.45, 7) is 3.58. The first-order valence-corrected chi connectivity index (χ1v) is 9.31. The summed E-state index contributed by atoms with van der Waals surface area (Å²) in [6, 6.07) is 0. The van der Waals surface area contributed by atoms with E-state index in [1.807, 2.05) is 6.20 Å². The van der Waals surface area contributed by atoms with E-state index in [9.17, 15) is 4.79 Å². The predicted octanol–water partition coefficient (Wildman–Crippen LogP) is 1.42. The molecule has 0 unspecified atom stereocenters. The van der Waals surface area contributed by atoms with Gasteiger partial charge in [0.25, 0.3) is 0 Å². The minimum absolute atomic E-state index is 0.215. The van der Waals surface area contributed by atoms with Gasteiger partial charge in [-0.1, -0.05) is 0 Å². The van der Waals surface area contributed by atoms with Crippen molar-refractivity contribution in [1.29, 1.82) is 0 Å². The highest BCUT2D eigenvalue weighted by atomic mass is 16.2. The van der Waals surface area contributed by atoms with Crippen molar-refractivity contribution in [2.24, 2.45) is 5.92 Å². The van der Waals surface area contributed by atoms with Crippen LogP contribution in [0.4, 0.5) is 0 Å². The number of likely N-dealkylation sites (tertiary alicyclic amines) is 1. The molecule has 7 nitrogen and oxygen atoms in total. The van der Waals surface area contributed by atoms with E-state index < -0.39 is 0 Å². The first-order valence-electron chi connectivity index (χ1n) is 9.31. The number of piperidine rings is 1. The Kier molecular flexibility index (Phi) is 3.45. The molecule has 4 heterocycles. The quantitative estimate of drug-likeness (QED) is 0.885. The van der Waals surface area contributed by atoms with Crippen molar-refractivity contribution >= 4 is 5.91 Å². The summed E-state index contributed by atoms with van der Waals surface area (Å²) in [7, 11) is 0. The van der Waals surface area contributed by atoms with Crippen LogP contribution in [0.3, 0.4) is 0 Å². The maximum absolute atomic E-state index is 13.0. The molecule has 2 N–H and O–H groups in total. The lowest BCUT2D eigenvalue weighted by atomic mass is 9.78. The molecule has 2 aliphatic heterocycles. The van der Waals surface area contributed by atoms with Crippen molar-refractivity contribution < 1.29 is 4.79 Å². The van der Waals surface area contributed by atoms with E-state index in [0.717, 1.165) is 69.8 Å². The number of H-pyrrole nitrogens is 2. The molecule has 1 aliphatic carbocycles. The molecular formula is C18H24N6O. The molecule has 2 fully saturated rings. The van der Waals surface area contributed by atoms with Crippen molar-refractivity contribution in [3.05, 3.63) is 35.9 Å². The van der Waals surface area contributed by atoms with E-state index in [-0.39, 0.29) is 11.5 Å². The van der Waals surface area contributed by atoms with Crippen LogP contribution in [-0.2, 0) is 23.3 Å². The normalized spacial score (nSPS) is 23.0. The Balaban J connectivity index is 1.40. The van der Waals surface area contributed by atoms with Crippen LogP contribution in [0.1, 0.15) is 42.9 Å². The maximum atomic E-state index is 13.0. The van der Waals surface area contributed by atoms with E-state index >= 15 is 0 Å². The van der Waals surface area contributed by atoms with E-state index in [4.69, 9.17) is 0 Å². The summed E-state index contributed by atoms with van der Waals surface area (Å²) >= 11 is 0. The van der Waals surface area contributed by atoms with Gasteiger partial charge in [-0.2, -0.15) is 0 Å². The molecule has 0 aromatic carbocycles. The number of fused-ring (bicyclic) bond motifs is 2. The first-order chi connectivity index (χ1) is 12.3. The molecule has 0 radical (unpaired) electrons. The zero-order chi connectivity index (χ0) is 16.9. The number of hydrogen-bond acceptors (Lipinski definition) is 4. The van der Waals surface area contributed by atoms with Gasteiger partial charge in [0, 0.05) is 50.1 Å². The fourth-order valence-corrected chi connectivity index (χ4v) is 4.53. The van der Waals surface area contributed by atoms with Gasteiger partial charge < -0.3 is 14.9 Å². The maximum Gasteiger partial charge on any atom is 0.226 e. The topological polar surface area (TPSA) is 80.9 Å². The highest BCUT2D eigenvalue weighted by Crippen LogP contribution is 2.45. The Morgan fingerprint density at radius 3 is 2.76 bits per heavy atom. The number of carbonyl (C=O) groups excluding carboxylic acids is 1. The van der Waals surface area contributed by atoms with E-state index in [1.165, 1.54) is 5.69 Å². The third-order valence-electron chi connectivity index (χ3n) is 6.07. The van der Waals surface area contributed by atoms with Gasteiger partial charge in [-0.3, -0.25) is 9.69 Å². The van der Waals surface area contributed by atoms with Gasteiger partial charge >= 0.3 is 0 Å². The molecule has 1 spiro atoms. The summed E-state index contributed by atoms with van der Waals surface area (Å²) in [4.78, 5) is 33.0. The van der Waals surface area contributed by atoms with Gasteiger partial charge in [-0.15, -0.1) is 0 Å². The Morgan fingerprint density at radius 1 is 1.20 bits per heavy atom. The lowest BCUT2D eigenvalue weighted by molar-refractivity contribution is -0.143. The van der Waals surface area contributed by atoms with Crippen molar-refractivity contribution in [3.8, 4) is 0 Å². The number of rotatable bonds is 3. The number of carbonyl (C=O) groups is 1. The van der Waals surface area contributed by atoms with E-state index in [1.54, 1.807) is 12.5 Å². The molecule has 1 amide bonds. The highest BCUT2D eigenvalue weighted by molar-refractivity contribution is 5.82. The number of imidazole rings is 2. The van der Waals surface area contributed by atoms with Crippen LogP contribution in [0.2, 0.25) is 0 Å². The second-order valence-electron chi connectivity index (χ2n) is 7.59. The smallest absolute Gasteiger partial charge is 0.226 e. The summed E-state index contributed by atoms with van der Waals surface area (Å²) in [6.07, 6.45) is 10.4. The lowest BCUT2D eigenvalue weighted by Gasteiger charge is -2.50. The number of aromatic nitrogens is 4. The average molecular weight is 340 g/mol. The molecule has 2 aromatic heterocycles. The first kappa shape index (κ1) is 15.1. The molecular weight excluding hydrogens is 316 g/mol. The standard InChI is InChI=1S/C18H24N6O/c25-17(13-1-2-13)24-8-3-14-16(22-12-21-14)18(24)4-9-23(10-5-18)11-15-19-6-7-20-15/h6-7,12-13H,1-5,8-11H2,(H,19,20)(H,21,22). The summed E-state index contributed by atoms with van der Waals surface area (Å²) in [5.41, 5.74) is 2.12. The number of amides is 1. The number of nitrogens with one attached hydrogen (secondary N) is 2. The van der Waals surface area contributed by atoms with Crippen LogP contribution >= 0.6 is 0 Å². The second-order valence-corrected chi connectivity index (χ2v) is 7.59. The van der Waals surface area contributed by atoms with E-state index in [0.29, 0.717) is 5.91 Å². The fraction of sp³-hybridized carbons (Fsp3) is 0.611. The molecule has 25 heavy (non-hydrogen) atoms. The Labute approximate surface area is 146 Å². The third kappa shape index (κ3) is 2.49. The Bertz CT molecular complexity index is 754. The van der Waals surface area contributed by atoms with Crippen LogP contribution in [-0.4, -0.2) is 55.3 Å². The minimum atomic E-state index is -0.215. The van der Waals surface area contributed by atoms with Crippen molar-refractivity contribution in [1.82, 2.24) is 29.7 Å². The van der Waals surface area contributed by atoms with Crippen LogP contribution in [0.5, 0.6) is 0 Å². The van der Waals surface area contributed by atoms with Gasteiger partial charge in [0.1, 0.15) is 5.82 Å². The monoisotopic (exact) mass is 340 g/mol. The molecule has 3 aliphatic rings. The van der Waals surface area contributed by atoms with Crippen LogP contribution in [0.25, 0.3) is 0 Å². The lowest BCUT2D eigenvalue weighted by Crippen LogP contribution is -2.58. The van der Waals surface area contributed by atoms with Crippen LogP contribution in [0, 0.1) is 5.92 Å². The van der Waals surface area contributed by atoms with Gasteiger partial charge in [0.15, 0.2) is 0 Å². The van der Waals surface area contributed by atoms with Crippen molar-refractivity contribution in [2.45, 2.75) is 44.2 Å². The molecule has 1 saturated carbocycles. The zero-order valence-corrected chi connectivity index (χ0v) is 14.4. The third-order valence-corrected chi connectivity index (χ3v) is 6.07. The van der Waals surface area contributed by atoms with E-state index in [2.05, 4.69) is 29.7 Å². The van der Waals surface area contributed by atoms with Crippen molar-refractivity contribution in [2.75, 3.05) is 19.6 Å². The summed E-state index contributed by atoms with van der Waals surface area (Å²) in [5, 5.41) is 0. The fourth-order valence-electron chi connectivity index (χ4n) is 4.53. The van der Waals surface area contributed by atoms with Gasteiger partial charge in [0.2, 0.25) is 5.91 Å². The van der Waals surface area contributed by atoms with Crippen LogP contribution in [0.15, 0.2) is 18.7 Å². The highest BCUT2D eigenvalue weighted by Gasteiger charge is 2.50. The molecule has 132 valence electrons. The molecule has 0 atom stereocenters. The Morgan fingerprint density at radius 2 is 2.04 bits per heavy atom. The molecule has 5 rings (SSSR count). The predicted molar refractivity (Wildman–Crippen MR) is 91.5 cm³/mol. The Hall–Kier alpha value is -2.15.